The van der Waals surface area contributed by atoms with Gasteiger partial charge in [0, 0.05) is 19.6 Å². The molecule has 1 saturated heterocycles. The third-order valence-electron chi connectivity index (χ3n) is 4.31. The number of carbonyl (C=O) groups excluding carboxylic acids is 1. The fraction of sp³-hybridized carbons (Fsp3) is 0.500. The molecule has 1 aliphatic heterocycles. The normalized spacial score (nSPS) is 17.9. The topological polar surface area (TPSA) is 95.0 Å². The molecule has 0 unspecified atom stereocenters. The monoisotopic (exact) mass is 388 g/mol. The SMILES string of the molecule is CCN(CC)S(=O)(=O)c1ccc(Cl)c(C(=O)N2CCC[C@H]2C(=O)O)c1. The second kappa shape index (κ2) is 7.72. The predicted octanol–water partition coefficient (Wildman–Crippen LogP) is 2.06. The molecule has 7 nitrogen and oxygen atoms in total. The van der Waals surface area contributed by atoms with Gasteiger partial charge in [-0.15, -0.1) is 0 Å². The van der Waals surface area contributed by atoms with Crippen LogP contribution in [0.2, 0.25) is 5.02 Å². The lowest BCUT2D eigenvalue weighted by atomic mass is 10.1. The minimum Gasteiger partial charge on any atom is -0.480 e. The minimum atomic E-state index is -3.74. The van der Waals surface area contributed by atoms with E-state index >= 15 is 0 Å². The molecular weight excluding hydrogens is 368 g/mol. The molecule has 1 aliphatic rings. The van der Waals surface area contributed by atoms with Crippen molar-refractivity contribution in [1.82, 2.24) is 9.21 Å². The van der Waals surface area contributed by atoms with Crippen LogP contribution in [0.4, 0.5) is 0 Å². The molecule has 0 aliphatic carbocycles. The van der Waals surface area contributed by atoms with Crippen LogP contribution >= 0.6 is 11.6 Å². The summed E-state index contributed by atoms with van der Waals surface area (Å²) in [4.78, 5) is 25.2. The smallest absolute Gasteiger partial charge is 0.326 e. The zero-order valence-electron chi connectivity index (χ0n) is 14.1. The van der Waals surface area contributed by atoms with E-state index in [2.05, 4.69) is 0 Å². The van der Waals surface area contributed by atoms with Crippen molar-refractivity contribution in [3.05, 3.63) is 28.8 Å². The first-order chi connectivity index (χ1) is 11.7. The molecule has 0 saturated carbocycles. The van der Waals surface area contributed by atoms with Crippen LogP contribution < -0.4 is 0 Å². The van der Waals surface area contributed by atoms with Gasteiger partial charge in [-0.25, -0.2) is 13.2 Å². The lowest BCUT2D eigenvalue weighted by Crippen LogP contribution is -2.40. The van der Waals surface area contributed by atoms with Gasteiger partial charge in [0.15, 0.2) is 0 Å². The van der Waals surface area contributed by atoms with Crippen molar-refractivity contribution < 1.29 is 23.1 Å². The Labute approximate surface area is 152 Å². The molecule has 1 heterocycles. The number of aliphatic carboxylic acids is 1. The van der Waals surface area contributed by atoms with Crippen molar-refractivity contribution in [1.29, 1.82) is 0 Å². The summed E-state index contributed by atoms with van der Waals surface area (Å²) < 4.78 is 26.6. The molecule has 1 aromatic carbocycles. The van der Waals surface area contributed by atoms with Gasteiger partial charge in [0.1, 0.15) is 6.04 Å². The molecule has 2 rings (SSSR count). The molecule has 9 heteroatoms. The average Bonchev–Trinajstić information content (AvgIpc) is 3.05. The number of carboxylic acid groups (broad SMARTS) is 1. The number of likely N-dealkylation sites (tertiary alicyclic amines) is 1. The van der Waals surface area contributed by atoms with E-state index in [0.29, 0.717) is 32.5 Å². The van der Waals surface area contributed by atoms with Gasteiger partial charge in [-0.1, -0.05) is 25.4 Å². The molecule has 0 aromatic heterocycles. The molecule has 1 aromatic rings. The van der Waals surface area contributed by atoms with Gasteiger partial charge in [0.05, 0.1) is 15.5 Å². The third-order valence-corrected chi connectivity index (χ3v) is 6.69. The summed E-state index contributed by atoms with van der Waals surface area (Å²) in [6.07, 6.45) is 0.952. The van der Waals surface area contributed by atoms with Crippen molar-refractivity contribution >= 4 is 33.5 Å². The Morgan fingerprint density at radius 2 is 1.96 bits per heavy atom. The first-order valence-electron chi connectivity index (χ1n) is 8.07. The van der Waals surface area contributed by atoms with Crippen LogP contribution in [-0.4, -0.2) is 60.3 Å². The molecule has 0 bridgehead atoms. The molecule has 25 heavy (non-hydrogen) atoms. The van der Waals surface area contributed by atoms with Crippen molar-refractivity contribution in [3.63, 3.8) is 0 Å². The highest BCUT2D eigenvalue weighted by Gasteiger charge is 2.35. The maximum absolute atomic E-state index is 12.7. The van der Waals surface area contributed by atoms with E-state index in [9.17, 15) is 23.1 Å². The van der Waals surface area contributed by atoms with Crippen LogP contribution in [-0.2, 0) is 14.8 Å². The summed E-state index contributed by atoms with van der Waals surface area (Å²) in [6, 6.07) is 3.03. The fourth-order valence-corrected chi connectivity index (χ4v) is 4.65. The Morgan fingerprint density at radius 1 is 1.32 bits per heavy atom. The van der Waals surface area contributed by atoms with Crippen LogP contribution in [0, 0.1) is 0 Å². The molecule has 1 atom stereocenters. The molecule has 138 valence electrons. The Morgan fingerprint density at radius 3 is 2.52 bits per heavy atom. The molecule has 0 radical (unpaired) electrons. The van der Waals surface area contributed by atoms with Crippen molar-refractivity contribution in [2.45, 2.75) is 37.6 Å². The van der Waals surface area contributed by atoms with Gasteiger partial charge in [-0.2, -0.15) is 4.31 Å². The number of carbonyl (C=O) groups is 2. The Hall–Kier alpha value is -1.64. The van der Waals surface area contributed by atoms with Crippen LogP contribution in [0.15, 0.2) is 23.1 Å². The largest absolute Gasteiger partial charge is 0.480 e. The van der Waals surface area contributed by atoms with E-state index in [1.807, 2.05) is 0 Å². The first-order valence-corrected chi connectivity index (χ1v) is 9.89. The molecule has 1 amide bonds. The Bertz CT molecular complexity index is 777. The van der Waals surface area contributed by atoms with E-state index in [0.717, 1.165) is 0 Å². The van der Waals surface area contributed by atoms with Crippen LogP contribution in [0.3, 0.4) is 0 Å². The summed E-state index contributed by atoms with van der Waals surface area (Å²) in [5, 5.41) is 9.34. The van der Waals surface area contributed by atoms with E-state index in [1.54, 1.807) is 13.8 Å². The van der Waals surface area contributed by atoms with Gasteiger partial charge in [-0.3, -0.25) is 4.79 Å². The minimum absolute atomic E-state index is 0.00282. The highest BCUT2D eigenvalue weighted by Crippen LogP contribution is 2.27. The van der Waals surface area contributed by atoms with Gasteiger partial charge in [-0.05, 0) is 31.0 Å². The standard InChI is InChI=1S/C16H21ClN2O5S/c1-3-18(4-2)25(23,24)11-7-8-13(17)12(10-11)15(20)19-9-5-6-14(19)16(21)22/h7-8,10,14H,3-6,9H2,1-2H3,(H,21,22)/t14-/m0/s1. The molecule has 1 N–H and O–H groups in total. The van der Waals surface area contributed by atoms with Gasteiger partial charge >= 0.3 is 5.97 Å². The highest BCUT2D eigenvalue weighted by molar-refractivity contribution is 7.89. The zero-order valence-corrected chi connectivity index (χ0v) is 15.7. The summed E-state index contributed by atoms with van der Waals surface area (Å²) in [5.41, 5.74) is 0.00282. The average molecular weight is 389 g/mol. The number of amides is 1. The quantitative estimate of drug-likeness (QED) is 0.804. The maximum Gasteiger partial charge on any atom is 0.326 e. The van der Waals surface area contributed by atoms with E-state index < -0.39 is 27.9 Å². The Balaban J connectivity index is 2.43. The number of nitrogens with zero attached hydrogens (tertiary/aromatic N) is 2. The fourth-order valence-electron chi connectivity index (χ4n) is 2.96. The highest BCUT2D eigenvalue weighted by atomic mass is 35.5. The third kappa shape index (κ3) is 3.80. The summed E-state index contributed by atoms with van der Waals surface area (Å²) >= 11 is 6.09. The Kier molecular flexibility index (Phi) is 6.08. The van der Waals surface area contributed by atoms with Crippen molar-refractivity contribution in [2.24, 2.45) is 0 Å². The maximum atomic E-state index is 12.7. The van der Waals surface area contributed by atoms with Gasteiger partial charge in [0.2, 0.25) is 10.0 Å². The molecule has 1 fully saturated rings. The zero-order chi connectivity index (χ0) is 18.8. The van der Waals surface area contributed by atoms with Gasteiger partial charge in [0.25, 0.3) is 5.91 Å². The second-order valence-electron chi connectivity index (χ2n) is 5.73. The lowest BCUT2D eigenvalue weighted by molar-refractivity contribution is -0.141. The number of rotatable bonds is 6. The van der Waals surface area contributed by atoms with Crippen LogP contribution in [0.25, 0.3) is 0 Å². The first kappa shape index (κ1) is 19.7. The summed E-state index contributed by atoms with van der Waals surface area (Å²) in [6.45, 7) is 4.37. The van der Waals surface area contributed by atoms with E-state index in [4.69, 9.17) is 11.6 Å². The van der Waals surface area contributed by atoms with Crippen molar-refractivity contribution in [2.75, 3.05) is 19.6 Å². The number of hydrogen-bond acceptors (Lipinski definition) is 4. The molecule has 0 spiro atoms. The van der Waals surface area contributed by atoms with Crippen molar-refractivity contribution in [3.8, 4) is 0 Å². The number of benzene rings is 1. The predicted molar refractivity (Wildman–Crippen MR) is 93.3 cm³/mol. The van der Waals surface area contributed by atoms with Crippen LogP contribution in [0.1, 0.15) is 37.0 Å². The van der Waals surface area contributed by atoms with Crippen LogP contribution in [0.5, 0.6) is 0 Å². The molecular formula is C16H21ClN2O5S. The number of hydrogen-bond donors (Lipinski definition) is 1. The number of halogens is 1. The summed E-state index contributed by atoms with van der Waals surface area (Å²) in [7, 11) is -3.74. The second-order valence-corrected chi connectivity index (χ2v) is 8.07. The van der Waals surface area contributed by atoms with Gasteiger partial charge < -0.3 is 10.0 Å². The summed E-state index contributed by atoms with van der Waals surface area (Å²) in [5.74, 6) is -1.64. The lowest BCUT2D eigenvalue weighted by Gasteiger charge is -2.23. The number of sulfonamides is 1. The number of carboxylic acids is 1. The van der Waals surface area contributed by atoms with E-state index in [1.165, 1.54) is 27.4 Å². The van der Waals surface area contributed by atoms with E-state index in [-0.39, 0.29) is 15.5 Å².